The fourth-order valence-corrected chi connectivity index (χ4v) is 1.71. The Balaban J connectivity index is 2.68. The lowest BCUT2D eigenvalue weighted by atomic mass is 10.1. The molecule has 1 rings (SSSR count). The topological polar surface area (TPSA) is 78.9 Å². The average molecular weight is 249 g/mol. The molecule has 0 radical (unpaired) electrons. The van der Waals surface area contributed by atoms with Crippen LogP contribution in [-0.4, -0.2) is 34.9 Å². The predicted molar refractivity (Wildman–Crippen MR) is 70.5 cm³/mol. The summed E-state index contributed by atoms with van der Waals surface area (Å²) in [6, 6.07) is 7.82. The number of aryl methyl sites for hydroxylation is 1. The molecular weight excluding hydrogens is 230 g/mol. The third kappa shape index (κ3) is 4.08. The molecule has 1 amide bonds. The van der Waals surface area contributed by atoms with Gasteiger partial charge in [-0.05, 0) is 19.4 Å². The fraction of sp³-hybridized carbons (Fsp3) is 0.385. The summed E-state index contributed by atoms with van der Waals surface area (Å²) in [4.78, 5) is 13.6. The summed E-state index contributed by atoms with van der Waals surface area (Å²) in [5.74, 6) is 0.00384. The van der Waals surface area contributed by atoms with E-state index in [2.05, 4.69) is 5.16 Å². The van der Waals surface area contributed by atoms with Crippen LogP contribution in [0.25, 0.3) is 0 Å². The standard InChI is InChI=1S/C13H19N3O2/c1-3-16(9-12(14)15-18)13(17)8-11-6-4-5-10(2)7-11/h4-7,18H,3,8-9H2,1-2H3,(H2,14,15). The number of hydrogen-bond acceptors (Lipinski definition) is 3. The first-order valence-corrected chi connectivity index (χ1v) is 5.86. The van der Waals surface area contributed by atoms with Gasteiger partial charge in [-0.3, -0.25) is 4.79 Å². The van der Waals surface area contributed by atoms with Crippen molar-refractivity contribution in [1.29, 1.82) is 0 Å². The van der Waals surface area contributed by atoms with Crippen molar-refractivity contribution in [3.05, 3.63) is 35.4 Å². The van der Waals surface area contributed by atoms with Crippen LogP contribution < -0.4 is 5.73 Å². The van der Waals surface area contributed by atoms with Crippen LogP contribution in [0.4, 0.5) is 0 Å². The lowest BCUT2D eigenvalue weighted by Gasteiger charge is -2.20. The molecule has 0 heterocycles. The van der Waals surface area contributed by atoms with Crippen molar-refractivity contribution in [2.75, 3.05) is 13.1 Å². The van der Waals surface area contributed by atoms with E-state index in [0.717, 1.165) is 11.1 Å². The molecular formula is C13H19N3O2. The zero-order valence-corrected chi connectivity index (χ0v) is 10.8. The van der Waals surface area contributed by atoms with Gasteiger partial charge in [-0.2, -0.15) is 0 Å². The van der Waals surface area contributed by atoms with Crippen LogP contribution in [0, 0.1) is 6.92 Å². The van der Waals surface area contributed by atoms with Gasteiger partial charge in [-0.15, -0.1) is 0 Å². The summed E-state index contributed by atoms with van der Waals surface area (Å²) >= 11 is 0. The minimum atomic E-state index is -0.0327. The number of carbonyl (C=O) groups is 1. The molecule has 0 saturated carbocycles. The van der Waals surface area contributed by atoms with Gasteiger partial charge in [-0.25, -0.2) is 0 Å². The Morgan fingerprint density at radius 3 is 2.78 bits per heavy atom. The van der Waals surface area contributed by atoms with Crippen molar-refractivity contribution in [3.63, 3.8) is 0 Å². The van der Waals surface area contributed by atoms with E-state index in [0.29, 0.717) is 13.0 Å². The average Bonchev–Trinajstić information content (AvgIpc) is 2.35. The highest BCUT2D eigenvalue weighted by molar-refractivity contribution is 5.87. The number of likely N-dealkylation sites (N-methyl/N-ethyl adjacent to an activating group) is 1. The summed E-state index contributed by atoms with van der Waals surface area (Å²) in [5, 5.41) is 11.4. The SMILES string of the molecule is CCN(CC(N)=NO)C(=O)Cc1cccc(C)c1. The molecule has 0 fully saturated rings. The number of rotatable bonds is 5. The van der Waals surface area contributed by atoms with Gasteiger partial charge in [0.2, 0.25) is 5.91 Å². The Kier molecular flexibility index (Phi) is 5.17. The smallest absolute Gasteiger partial charge is 0.227 e. The highest BCUT2D eigenvalue weighted by Crippen LogP contribution is 2.06. The van der Waals surface area contributed by atoms with Crippen molar-refractivity contribution in [2.45, 2.75) is 20.3 Å². The number of benzene rings is 1. The van der Waals surface area contributed by atoms with Crippen LogP contribution in [0.3, 0.4) is 0 Å². The molecule has 0 atom stereocenters. The first-order valence-electron chi connectivity index (χ1n) is 5.86. The predicted octanol–water partition coefficient (Wildman–Crippen LogP) is 1.13. The molecule has 5 heteroatoms. The van der Waals surface area contributed by atoms with Crippen LogP contribution in [0.15, 0.2) is 29.4 Å². The van der Waals surface area contributed by atoms with Crippen LogP contribution in [-0.2, 0) is 11.2 Å². The van der Waals surface area contributed by atoms with Gasteiger partial charge >= 0.3 is 0 Å². The summed E-state index contributed by atoms with van der Waals surface area (Å²) < 4.78 is 0. The molecule has 0 unspecified atom stereocenters. The Hall–Kier alpha value is -2.04. The van der Waals surface area contributed by atoms with Crippen LogP contribution in [0.5, 0.6) is 0 Å². The van der Waals surface area contributed by atoms with Crippen LogP contribution in [0.2, 0.25) is 0 Å². The quantitative estimate of drug-likeness (QED) is 0.355. The number of nitrogens with two attached hydrogens (primary N) is 1. The Morgan fingerprint density at radius 1 is 1.50 bits per heavy atom. The number of oxime groups is 1. The second-order valence-corrected chi connectivity index (χ2v) is 4.17. The van der Waals surface area contributed by atoms with Gasteiger partial charge < -0.3 is 15.8 Å². The van der Waals surface area contributed by atoms with E-state index in [9.17, 15) is 4.79 Å². The lowest BCUT2D eigenvalue weighted by molar-refractivity contribution is -0.129. The molecule has 98 valence electrons. The maximum Gasteiger partial charge on any atom is 0.227 e. The lowest BCUT2D eigenvalue weighted by Crippen LogP contribution is -2.39. The largest absolute Gasteiger partial charge is 0.409 e. The number of nitrogens with zero attached hydrogens (tertiary/aromatic N) is 2. The second-order valence-electron chi connectivity index (χ2n) is 4.17. The number of carbonyl (C=O) groups excluding carboxylic acids is 1. The summed E-state index contributed by atoms with van der Waals surface area (Å²) in [6.45, 7) is 4.53. The van der Waals surface area contributed by atoms with Crippen molar-refractivity contribution in [1.82, 2.24) is 4.90 Å². The summed E-state index contributed by atoms with van der Waals surface area (Å²) in [6.07, 6.45) is 0.328. The zero-order valence-electron chi connectivity index (χ0n) is 10.8. The Bertz CT molecular complexity index is 444. The Labute approximate surface area is 107 Å². The van der Waals surface area contributed by atoms with E-state index in [1.165, 1.54) is 0 Å². The van der Waals surface area contributed by atoms with Crippen LogP contribution >= 0.6 is 0 Å². The fourth-order valence-electron chi connectivity index (χ4n) is 1.71. The molecule has 0 aliphatic heterocycles. The van der Waals surface area contributed by atoms with Crippen molar-refractivity contribution >= 4 is 11.7 Å². The van der Waals surface area contributed by atoms with Gasteiger partial charge in [0, 0.05) is 6.54 Å². The molecule has 18 heavy (non-hydrogen) atoms. The molecule has 5 nitrogen and oxygen atoms in total. The first-order chi connectivity index (χ1) is 8.56. The van der Waals surface area contributed by atoms with Gasteiger partial charge in [0.05, 0.1) is 13.0 Å². The van der Waals surface area contributed by atoms with Gasteiger partial charge in [0.1, 0.15) is 0 Å². The monoisotopic (exact) mass is 249 g/mol. The first kappa shape index (κ1) is 14.0. The minimum Gasteiger partial charge on any atom is -0.409 e. The van der Waals surface area contributed by atoms with Gasteiger partial charge in [-0.1, -0.05) is 35.0 Å². The molecule has 1 aromatic carbocycles. The van der Waals surface area contributed by atoms with Crippen molar-refractivity contribution < 1.29 is 10.0 Å². The maximum atomic E-state index is 12.0. The van der Waals surface area contributed by atoms with E-state index in [1.54, 1.807) is 4.90 Å². The molecule has 0 bridgehead atoms. The zero-order chi connectivity index (χ0) is 13.5. The molecule has 1 aromatic rings. The van der Waals surface area contributed by atoms with Crippen LogP contribution in [0.1, 0.15) is 18.1 Å². The van der Waals surface area contributed by atoms with E-state index in [4.69, 9.17) is 10.9 Å². The normalized spacial score (nSPS) is 11.3. The highest BCUT2D eigenvalue weighted by atomic mass is 16.4. The maximum absolute atomic E-state index is 12.0. The molecule has 0 aliphatic carbocycles. The summed E-state index contributed by atoms with van der Waals surface area (Å²) in [7, 11) is 0. The van der Waals surface area contributed by atoms with E-state index in [1.807, 2.05) is 38.1 Å². The van der Waals surface area contributed by atoms with Gasteiger partial charge in [0.15, 0.2) is 5.84 Å². The molecule has 0 aromatic heterocycles. The van der Waals surface area contributed by atoms with Crippen molar-refractivity contribution in [3.8, 4) is 0 Å². The minimum absolute atomic E-state index is 0.0327. The third-order valence-corrected chi connectivity index (χ3v) is 2.65. The molecule has 0 saturated heterocycles. The molecule has 3 N–H and O–H groups in total. The third-order valence-electron chi connectivity index (χ3n) is 2.65. The molecule has 0 aliphatic rings. The molecule has 0 spiro atoms. The number of amides is 1. The van der Waals surface area contributed by atoms with E-state index >= 15 is 0 Å². The van der Waals surface area contributed by atoms with E-state index < -0.39 is 0 Å². The second kappa shape index (κ2) is 6.64. The highest BCUT2D eigenvalue weighted by Gasteiger charge is 2.13. The van der Waals surface area contributed by atoms with E-state index in [-0.39, 0.29) is 18.3 Å². The Morgan fingerprint density at radius 2 is 2.22 bits per heavy atom. The van der Waals surface area contributed by atoms with Gasteiger partial charge in [0.25, 0.3) is 0 Å². The van der Waals surface area contributed by atoms with Crippen molar-refractivity contribution in [2.24, 2.45) is 10.9 Å². The number of amidine groups is 1. The number of hydrogen-bond donors (Lipinski definition) is 2. The summed E-state index contributed by atoms with van der Waals surface area (Å²) in [5.41, 5.74) is 7.51.